The number of aliphatic hydroxyl groups excluding tert-OH is 2. The quantitative estimate of drug-likeness (QED) is 0.679. The van der Waals surface area contributed by atoms with E-state index in [0.29, 0.717) is 5.92 Å². The maximum Gasteiger partial charge on any atom is 0.192 e. The molecule has 4 rings (SSSR count). The van der Waals surface area contributed by atoms with Crippen molar-refractivity contribution < 1.29 is 20.1 Å². The molecule has 4 nitrogen and oxygen atoms in total. The lowest BCUT2D eigenvalue weighted by atomic mass is 9.52. The maximum absolute atomic E-state index is 11.3. The molecule has 24 heavy (non-hydrogen) atoms. The second-order valence-electron chi connectivity index (χ2n) is 9.12. The number of fused-ring (bicyclic) bond motifs is 6. The van der Waals surface area contributed by atoms with E-state index in [2.05, 4.69) is 27.7 Å². The van der Waals surface area contributed by atoms with Gasteiger partial charge in [0.25, 0.3) is 0 Å². The summed E-state index contributed by atoms with van der Waals surface area (Å²) in [6.45, 7) is 8.66. The van der Waals surface area contributed by atoms with E-state index in [1.165, 1.54) is 11.1 Å². The number of rotatable bonds is 2. The predicted molar refractivity (Wildman–Crippen MR) is 91.0 cm³/mol. The van der Waals surface area contributed by atoms with Gasteiger partial charge in [-0.2, -0.15) is 0 Å². The second kappa shape index (κ2) is 4.94. The van der Waals surface area contributed by atoms with Gasteiger partial charge in [-0.3, -0.25) is 0 Å². The van der Waals surface area contributed by atoms with Crippen LogP contribution >= 0.6 is 0 Å². The van der Waals surface area contributed by atoms with Crippen LogP contribution in [0.25, 0.3) is 0 Å². The van der Waals surface area contributed by atoms with Gasteiger partial charge in [0.1, 0.15) is 0 Å². The highest BCUT2D eigenvalue weighted by Gasteiger charge is 2.66. The van der Waals surface area contributed by atoms with E-state index in [9.17, 15) is 15.3 Å². The van der Waals surface area contributed by atoms with Crippen LogP contribution in [0, 0.1) is 22.7 Å². The minimum Gasteiger partial charge on any atom is -0.392 e. The van der Waals surface area contributed by atoms with E-state index in [-0.39, 0.29) is 30.1 Å². The van der Waals surface area contributed by atoms with E-state index in [1.807, 2.05) is 0 Å². The summed E-state index contributed by atoms with van der Waals surface area (Å²) in [7, 11) is 0. The Labute approximate surface area is 144 Å². The monoisotopic (exact) mass is 334 g/mol. The van der Waals surface area contributed by atoms with Crippen molar-refractivity contribution in [2.75, 3.05) is 6.61 Å². The van der Waals surface area contributed by atoms with Gasteiger partial charge in [0.2, 0.25) is 0 Å². The minimum absolute atomic E-state index is 0.0637. The number of hydrogen-bond acceptors (Lipinski definition) is 4. The highest BCUT2D eigenvalue weighted by atomic mass is 16.6. The van der Waals surface area contributed by atoms with Crippen LogP contribution in [0.15, 0.2) is 22.8 Å². The van der Waals surface area contributed by atoms with Crippen LogP contribution in [0.1, 0.15) is 53.4 Å². The van der Waals surface area contributed by atoms with Crippen LogP contribution in [-0.2, 0) is 4.74 Å². The summed E-state index contributed by atoms with van der Waals surface area (Å²) >= 11 is 0. The van der Waals surface area contributed by atoms with Crippen LogP contribution in [0.3, 0.4) is 0 Å². The van der Waals surface area contributed by atoms with E-state index < -0.39 is 11.2 Å². The Kier molecular flexibility index (Phi) is 3.45. The third-order valence-electron chi connectivity index (χ3n) is 7.66. The molecule has 0 amide bonds. The van der Waals surface area contributed by atoms with E-state index in [4.69, 9.17) is 4.74 Å². The fraction of sp³-hybridized carbons (Fsp3) is 0.800. The Hall–Kier alpha value is -0.680. The molecule has 4 heteroatoms. The summed E-state index contributed by atoms with van der Waals surface area (Å²) in [5, 5.41) is 31.7. The molecular formula is C20H30O4. The van der Waals surface area contributed by atoms with Crippen molar-refractivity contribution >= 4 is 0 Å². The summed E-state index contributed by atoms with van der Waals surface area (Å²) < 4.78 is 5.98. The third-order valence-corrected chi connectivity index (χ3v) is 7.66. The molecule has 6 atom stereocenters. The lowest BCUT2D eigenvalue weighted by Gasteiger charge is -2.58. The minimum atomic E-state index is -1.30. The number of aliphatic hydroxyl groups is 3. The van der Waals surface area contributed by atoms with Crippen molar-refractivity contribution in [2.24, 2.45) is 22.7 Å². The van der Waals surface area contributed by atoms with Gasteiger partial charge in [-0.05, 0) is 49.2 Å². The van der Waals surface area contributed by atoms with Gasteiger partial charge in [-0.15, -0.1) is 0 Å². The molecule has 1 saturated heterocycles. The molecule has 0 aromatic carbocycles. The van der Waals surface area contributed by atoms with Crippen molar-refractivity contribution in [1.29, 1.82) is 0 Å². The summed E-state index contributed by atoms with van der Waals surface area (Å²) in [6.07, 6.45) is 4.46. The van der Waals surface area contributed by atoms with Gasteiger partial charge >= 0.3 is 0 Å². The Balaban J connectivity index is 1.86. The van der Waals surface area contributed by atoms with Crippen molar-refractivity contribution in [2.45, 2.75) is 71.4 Å². The largest absolute Gasteiger partial charge is 0.392 e. The van der Waals surface area contributed by atoms with Crippen molar-refractivity contribution in [3.05, 3.63) is 22.8 Å². The van der Waals surface area contributed by atoms with Crippen LogP contribution in [-0.4, -0.2) is 39.9 Å². The molecule has 3 N–H and O–H groups in total. The van der Waals surface area contributed by atoms with Gasteiger partial charge in [-0.1, -0.05) is 38.8 Å². The zero-order valence-corrected chi connectivity index (χ0v) is 15.2. The predicted octanol–water partition coefficient (Wildman–Crippen LogP) is 2.54. The molecule has 2 fully saturated rings. The fourth-order valence-corrected chi connectivity index (χ4v) is 5.91. The highest BCUT2D eigenvalue weighted by Crippen LogP contribution is 2.67. The second-order valence-corrected chi connectivity index (χ2v) is 9.12. The van der Waals surface area contributed by atoms with Gasteiger partial charge in [0.15, 0.2) is 5.79 Å². The Morgan fingerprint density at radius 3 is 2.62 bits per heavy atom. The van der Waals surface area contributed by atoms with Crippen molar-refractivity contribution in [3.8, 4) is 0 Å². The third kappa shape index (κ3) is 1.83. The molecule has 0 aromatic rings. The fourth-order valence-electron chi connectivity index (χ4n) is 5.91. The first-order valence-corrected chi connectivity index (χ1v) is 9.30. The summed E-state index contributed by atoms with van der Waals surface area (Å²) in [4.78, 5) is 0. The van der Waals surface area contributed by atoms with Gasteiger partial charge in [-0.25, -0.2) is 0 Å². The van der Waals surface area contributed by atoms with Crippen molar-refractivity contribution in [3.63, 3.8) is 0 Å². The standard InChI is InChI=1S/C20H30O4/c1-11(2)13-7-16(22)18(3)5-6-19(4)14(17(13)18)8-15-12(10-21)9-20(19,23)24-15/h9,11,14-16,21-23H,5-8,10H2,1-4H3. The number of hydrogen-bond donors (Lipinski definition) is 3. The lowest BCUT2D eigenvalue weighted by molar-refractivity contribution is -0.289. The van der Waals surface area contributed by atoms with E-state index in [0.717, 1.165) is 31.3 Å². The van der Waals surface area contributed by atoms with Crippen LogP contribution in [0.2, 0.25) is 0 Å². The Morgan fingerprint density at radius 2 is 2.00 bits per heavy atom. The first-order valence-electron chi connectivity index (χ1n) is 9.30. The molecule has 0 radical (unpaired) electrons. The van der Waals surface area contributed by atoms with E-state index in [1.54, 1.807) is 6.08 Å². The maximum atomic E-state index is 11.3. The smallest absolute Gasteiger partial charge is 0.192 e. The zero-order chi connectivity index (χ0) is 17.5. The summed E-state index contributed by atoms with van der Waals surface area (Å²) in [6, 6.07) is 0. The van der Waals surface area contributed by atoms with Gasteiger partial charge in [0, 0.05) is 10.8 Å². The average Bonchev–Trinajstić information content (AvgIpc) is 2.96. The lowest BCUT2D eigenvalue weighted by Crippen LogP contribution is -2.59. The molecule has 2 aliphatic carbocycles. The summed E-state index contributed by atoms with van der Waals surface area (Å²) in [5.74, 6) is -0.711. The Bertz CT molecular complexity index is 636. The van der Waals surface area contributed by atoms with E-state index >= 15 is 0 Å². The Morgan fingerprint density at radius 1 is 1.29 bits per heavy atom. The molecule has 2 bridgehead atoms. The SMILES string of the molecule is CC(C)C1=C2C3CC4OC(O)(C=C4CO)C3(C)CCC2(C)C(O)C1. The molecule has 4 aliphatic rings. The van der Waals surface area contributed by atoms with Gasteiger partial charge in [0.05, 0.1) is 18.8 Å². The topological polar surface area (TPSA) is 69.9 Å². The highest BCUT2D eigenvalue weighted by molar-refractivity contribution is 5.41. The number of ether oxygens (including phenoxy) is 1. The zero-order valence-electron chi connectivity index (χ0n) is 15.2. The molecule has 134 valence electrons. The van der Waals surface area contributed by atoms with Crippen LogP contribution in [0.5, 0.6) is 0 Å². The van der Waals surface area contributed by atoms with Crippen LogP contribution in [0.4, 0.5) is 0 Å². The molecule has 0 spiro atoms. The average molecular weight is 334 g/mol. The van der Waals surface area contributed by atoms with Gasteiger partial charge < -0.3 is 20.1 Å². The molecule has 2 aliphatic heterocycles. The van der Waals surface area contributed by atoms with Crippen molar-refractivity contribution in [1.82, 2.24) is 0 Å². The molecule has 2 heterocycles. The van der Waals surface area contributed by atoms with Crippen LogP contribution < -0.4 is 0 Å². The normalized spacial score (nSPS) is 50.2. The molecular weight excluding hydrogens is 304 g/mol. The molecule has 0 aromatic heterocycles. The molecule has 6 unspecified atom stereocenters. The first kappa shape index (κ1) is 16.8. The molecule has 1 saturated carbocycles. The summed E-state index contributed by atoms with van der Waals surface area (Å²) in [5.41, 5.74) is 2.96. The first-order chi connectivity index (χ1) is 11.2.